The van der Waals surface area contributed by atoms with E-state index in [4.69, 9.17) is 0 Å². The number of carbonyl (C=O) groups excluding carboxylic acids is 3. The Kier molecular flexibility index (Phi) is 7.94. The maximum absolute atomic E-state index is 13.5. The van der Waals surface area contributed by atoms with E-state index in [2.05, 4.69) is 20.6 Å². The van der Waals surface area contributed by atoms with E-state index in [9.17, 15) is 23.2 Å². The Balaban J connectivity index is 1.31. The standard InChI is InChI=1S/C26H25F2N5O3/c27-19-14-18(15-20(28)16-19)25(35)32-24-23(29-10-11-30-24)26(36)31-21-8-12-33(13-9-21)22(34)7-6-17-4-2-1-3-5-17/h1-5,10-11,14-16,21H,6-9,12-13H2,(H,31,36)(H,30,32,35). The molecule has 36 heavy (non-hydrogen) atoms. The van der Waals surface area contributed by atoms with Crippen LogP contribution in [0.1, 0.15) is 45.7 Å². The number of amides is 3. The van der Waals surface area contributed by atoms with Gasteiger partial charge in [-0.25, -0.2) is 18.7 Å². The van der Waals surface area contributed by atoms with Crippen molar-refractivity contribution in [2.75, 3.05) is 18.4 Å². The Morgan fingerprint density at radius 1 is 0.917 bits per heavy atom. The van der Waals surface area contributed by atoms with Gasteiger partial charge in [-0.3, -0.25) is 14.4 Å². The van der Waals surface area contributed by atoms with Crippen molar-refractivity contribution in [2.24, 2.45) is 0 Å². The van der Waals surface area contributed by atoms with Crippen LogP contribution in [0.2, 0.25) is 0 Å². The third kappa shape index (κ3) is 6.47. The van der Waals surface area contributed by atoms with E-state index in [1.54, 1.807) is 4.90 Å². The molecule has 0 unspecified atom stereocenters. The quantitative estimate of drug-likeness (QED) is 0.525. The molecular formula is C26H25F2N5O3. The van der Waals surface area contributed by atoms with E-state index in [0.717, 1.165) is 17.7 Å². The fourth-order valence-electron chi connectivity index (χ4n) is 4.04. The van der Waals surface area contributed by atoms with Crippen LogP contribution in [0.3, 0.4) is 0 Å². The molecule has 0 aliphatic carbocycles. The fourth-order valence-corrected chi connectivity index (χ4v) is 4.04. The highest BCUT2D eigenvalue weighted by Gasteiger charge is 2.26. The lowest BCUT2D eigenvalue weighted by Crippen LogP contribution is -2.46. The van der Waals surface area contributed by atoms with Gasteiger partial charge in [0, 0.05) is 49.6 Å². The third-order valence-electron chi connectivity index (χ3n) is 5.92. The zero-order valence-electron chi connectivity index (χ0n) is 19.4. The number of carbonyl (C=O) groups is 3. The summed E-state index contributed by atoms with van der Waals surface area (Å²) in [7, 11) is 0. The molecule has 3 aromatic rings. The number of likely N-dealkylation sites (tertiary alicyclic amines) is 1. The van der Waals surface area contributed by atoms with Gasteiger partial charge in [0.15, 0.2) is 11.5 Å². The molecule has 0 saturated carbocycles. The molecule has 8 nitrogen and oxygen atoms in total. The number of halogens is 2. The van der Waals surface area contributed by atoms with Gasteiger partial charge >= 0.3 is 0 Å². The van der Waals surface area contributed by atoms with Crippen molar-refractivity contribution in [3.8, 4) is 0 Å². The number of rotatable bonds is 7. The summed E-state index contributed by atoms with van der Waals surface area (Å²) in [4.78, 5) is 47.7. The first-order valence-corrected chi connectivity index (χ1v) is 11.6. The second-order valence-electron chi connectivity index (χ2n) is 8.48. The lowest BCUT2D eigenvalue weighted by atomic mass is 10.0. The highest BCUT2D eigenvalue weighted by atomic mass is 19.1. The van der Waals surface area contributed by atoms with Crippen molar-refractivity contribution < 1.29 is 23.2 Å². The molecule has 10 heteroatoms. The predicted octanol–water partition coefficient (Wildman–Crippen LogP) is 3.36. The molecule has 2 aromatic carbocycles. The van der Waals surface area contributed by atoms with Crippen molar-refractivity contribution in [3.05, 3.63) is 89.4 Å². The maximum atomic E-state index is 13.5. The van der Waals surface area contributed by atoms with Crippen LogP contribution >= 0.6 is 0 Å². The van der Waals surface area contributed by atoms with E-state index in [1.165, 1.54) is 12.4 Å². The molecule has 1 aliphatic heterocycles. The van der Waals surface area contributed by atoms with Crippen molar-refractivity contribution >= 4 is 23.5 Å². The minimum absolute atomic E-state index is 0.0799. The number of aryl methyl sites for hydroxylation is 1. The molecule has 2 heterocycles. The number of piperidine rings is 1. The van der Waals surface area contributed by atoms with Crippen LogP contribution in [0.4, 0.5) is 14.6 Å². The van der Waals surface area contributed by atoms with Gasteiger partial charge in [0.25, 0.3) is 11.8 Å². The van der Waals surface area contributed by atoms with E-state index >= 15 is 0 Å². The molecule has 0 spiro atoms. The summed E-state index contributed by atoms with van der Waals surface area (Å²) >= 11 is 0. The molecule has 0 atom stereocenters. The van der Waals surface area contributed by atoms with Crippen molar-refractivity contribution in [3.63, 3.8) is 0 Å². The van der Waals surface area contributed by atoms with Gasteiger partial charge in [0.2, 0.25) is 5.91 Å². The Morgan fingerprint density at radius 3 is 2.28 bits per heavy atom. The van der Waals surface area contributed by atoms with E-state index in [-0.39, 0.29) is 29.0 Å². The lowest BCUT2D eigenvalue weighted by Gasteiger charge is -2.32. The zero-order chi connectivity index (χ0) is 25.5. The fraction of sp³-hybridized carbons (Fsp3) is 0.269. The number of hydrogen-bond acceptors (Lipinski definition) is 5. The monoisotopic (exact) mass is 493 g/mol. The van der Waals surface area contributed by atoms with Gasteiger partial charge in [-0.2, -0.15) is 0 Å². The molecule has 1 saturated heterocycles. The van der Waals surface area contributed by atoms with E-state index in [0.29, 0.717) is 44.8 Å². The van der Waals surface area contributed by atoms with Crippen LogP contribution < -0.4 is 10.6 Å². The SMILES string of the molecule is O=C(Nc1nccnc1C(=O)NC1CCN(C(=O)CCc2ccccc2)CC1)c1cc(F)cc(F)c1. The van der Waals surface area contributed by atoms with Gasteiger partial charge in [0.1, 0.15) is 11.6 Å². The number of nitrogens with one attached hydrogen (secondary N) is 2. The first kappa shape index (κ1) is 24.9. The maximum Gasteiger partial charge on any atom is 0.273 e. The summed E-state index contributed by atoms with van der Waals surface area (Å²) in [6.45, 7) is 1.04. The summed E-state index contributed by atoms with van der Waals surface area (Å²) in [6, 6.07) is 12.1. The van der Waals surface area contributed by atoms with Crippen LogP contribution in [0.15, 0.2) is 60.9 Å². The molecule has 1 aliphatic rings. The molecule has 1 fully saturated rings. The summed E-state index contributed by atoms with van der Waals surface area (Å²) in [5.74, 6) is -3.22. The van der Waals surface area contributed by atoms with Crippen LogP contribution in [0.25, 0.3) is 0 Å². The summed E-state index contributed by atoms with van der Waals surface area (Å²) in [6.07, 6.45) is 4.86. The molecule has 0 bridgehead atoms. The predicted molar refractivity (Wildman–Crippen MR) is 128 cm³/mol. The number of hydrogen-bond donors (Lipinski definition) is 2. The summed E-state index contributed by atoms with van der Waals surface area (Å²) in [5, 5.41) is 5.26. The number of benzene rings is 2. The Labute approximate surface area is 206 Å². The van der Waals surface area contributed by atoms with Gasteiger partial charge in [0.05, 0.1) is 0 Å². The van der Waals surface area contributed by atoms with E-state index in [1.807, 2.05) is 30.3 Å². The number of nitrogens with zero attached hydrogens (tertiary/aromatic N) is 3. The van der Waals surface area contributed by atoms with Gasteiger partial charge in [-0.15, -0.1) is 0 Å². The highest BCUT2D eigenvalue weighted by Crippen LogP contribution is 2.16. The summed E-state index contributed by atoms with van der Waals surface area (Å²) in [5.41, 5.74) is 0.736. The first-order valence-electron chi connectivity index (χ1n) is 11.6. The zero-order valence-corrected chi connectivity index (χ0v) is 19.4. The van der Waals surface area contributed by atoms with Crippen LogP contribution in [0.5, 0.6) is 0 Å². The van der Waals surface area contributed by atoms with Gasteiger partial charge in [-0.1, -0.05) is 30.3 Å². The molecule has 2 N–H and O–H groups in total. The molecular weight excluding hydrogens is 468 g/mol. The Bertz CT molecular complexity index is 1230. The number of aromatic nitrogens is 2. The Morgan fingerprint density at radius 2 is 1.58 bits per heavy atom. The van der Waals surface area contributed by atoms with Crippen molar-refractivity contribution in [2.45, 2.75) is 31.7 Å². The molecule has 0 radical (unpaired) electrons. The molecule has 1 aromatic heterocycles. The smallest absolute Gasteiger partial charge is 0.273 e. The average molecular weight is 494 g/mol. The highest BCUT2D eigenvalue weighted by molar-refractivity contribution is 6.07. The van der Waals surface area contributed by atoms with Gasteiger partial charge in [-0.05, 0) is 37.0 Å². The van der Waals surface area contributed by atoms with Crippen molar-refractivity contribution in [1.29, 1.82) is 0 Å². The summed E-state index contributed by atoms with van der Waals surface area (Å²) < 4.78 is 26.9. The lowest BCUT2D eigenvalue weighted by molar-refractivity contribution is -0.132. The molecule has 186 valence electrons. The first-order chi connectivity index (χ1) is 17.4. The van der Waals surface area contributed by atoms with Crippen LogP contribution in [0, 0.1) is 11.6 Å². The minimum atomic E-state index is -0.901. The van der Waals surface area contributed by atoms with Crippen molar-refractivity contribution in [1.82, 2.24) is 20.2 Å². The normalized spacial score (nSPS) is 13.8. The second-order valence-corrected chi connectivity index (χ2v) is 8.48. The van der Waals surface area contributed by atoms with E-state index < -0.39 is 23.4 Å². The molecule has 4 rings (SSSR count). The number of anilines is 1. The topological polar surface area (TPSA) is 104 Å². The third-order valence-corrected chi connectivity index (χ3v) is 5.92. The average Bonchev–Trinajstić information content (AvgIpc) is 2.88. The largest absolute Gasteiger partial charge is 0.348 e. The van der Waals surface area contributed by atoms with Crippen LogP contribution in [-0.4, -0.2) is 51.7 Å². The van der Waals surface area contributed by atoms with Crippen LogP contribution in [-0.2, 0) is 11.2 Å². The molecule has 3 amide bonds. The van der Waals surface area contributed by atoms with Gasteiger partial charge < -0.3 is 15.5 Å². The minimum Gasteiger partial charge on any atom is -0.348 e. The second kappa shape index (κ2) is 11.5. The Hall–Kier alpha value is -4.21.